The van der Waals surface area contributed by atoms with Crippen LogP contribution >= 0.6 is 11.3 Å². The molecule has 1 aliphatic heterocycles. The molecule has 3 rings (SSSR count). The summed E-state index contributed by atoms with van der Waals surface area (Å²) in [5.74, 6) is -0.191. The molecule has 0 aliphatic carbocycles. The normalized spacial score (nSPS) is 13.5. The number of thiazole rings is 1. The molecule has 0 radical (unpaired) electrons. The summed E-state index contributed by atoms with van der Waals surface area (Å²) in [5, 5.41) is 2.35. The van der Waals surface area contributed by atoms with Crippen LogP contribution in [0.1, 0.15) is 24.1 Å². The van der Waals surface area contributed by atoms with Crippen LogP contribution in [0.25, 0.3) is 0 Å². The summed E-state index contributed by atoms with van der Waals surface area (Å²) in [5.41, 5.74) is 6.12. The first kappa shape index (κ1) is 18.8. The Morgan fingerprint density at radius 3 is 2.78 bits per heavy atom. The number of benzene rings is 1. The van der Waals surface area contributed by atoms with Crippen molar-refractivity contribution in [3.05, 3.63) is 40.9 Å². The fourth-order valence-electron chi connectivity index (χ4n) is 2.60. The fraction of sp³-hybridized carbons (Fsp3) is 0.333. The molecule has 1 saturated heterocycles. The van der Waals surface area contributed by atoms with Gasteiger partial charge in [-0.05, 0) is 25.0 Å². The van der Waals surface area contributed by atoms with Crippen LogP contribution in [0.4, 0.5) is 5.13 Å². The van der Waals surface area contributed by atoms with Crippen LogP contribution in [0.3, 0.4) is 0 Å². The number of hydrogen-bond acceptors (Lipinski definition) is 6. The average molecular weight is 388 g/mol. The molecule has 0 spiro atoms. The molecule has 27 heavy (non-hydrogen) atoms. The predicted octanol–water partition coefficient (Wildman–Crippen LogP) is 1.35. The van der Waals surface area contributed by atoms with Gasteiger partial charge in [0.1, 0.15) is 5.75 Å². The summed E-state index contributed by atoms with van der Waals surface area (Å²) in [6, 6.07) is 7.35. The van der Waals surface area contributed by atoms with Gasteiger partial charge in [-0.2, -0.15) is 0 Å². The van der Waals surface area contributed by atoms with Crippen LogP contribution in [-0.4, -0.2) is 35.9 Å². The average Bonchev–Trinajstić information content (AvgIpc) is 3.28. The van der Waals surface area contributed by atoms with E-state index in [1.165, 1.54) is 11.3 Å². The molecule has 3 amide bonds. The Kier molecular flexibility index (Phi) is 6.02. The molecule has 2 heterocycles. The first-order valence-corrected chi connectivity index (χ1v) is 9.42. The maximum Gasteiger partial charge on any atom is 0.276 e. The van der Waals surface area contributed by atoms with E-state index < -0.39 is 11.8 Å². The third-order valence-electron chi connectivity index (χ3n) is 3.98. The number of amides is 3. The highest BCUT2D eigenvalue weighted by Gasteiger charge is 2.24. The van der Waals surface area contributed by atoms with Crippen molar-refractivity contribution in [3.63, 3.8) is 0 Å². The molecule has 2 aromatic rings. The minimum atomic E-state index is -0.465. The van der Waals surface area contributed by atoms with Gasteiger partial charge in [0.05, 0.1) is 12.1 Å². The van der Waals surface area contributed by atoms with E-state index in [4.69, 9.17) is 4.74 Å². The highest BCUT2D eigenvalue weighted by molar-refractivity contribution is 7.14. The Labute approximate surface area is 160 Å². The number of rotatable bonds is 6. The van der Waals surface area contributed by atoms with Gasteiger partial charge in [-0.25, -0.2) is 4.98 Å². The summed E-state index contributed by atoms with van der Waals surface area (Å²) in [6.07, 6.45) is 1.37. The molecule has 0 bridgehead atoms. The van der Waals surface area contributed by atoms with Gasteiger partial charge >= 0.3 is 0 Å². The summed E-state index contributed by atoms with van der Waals surface area (Å²) < 4.78 is 5.41. The van der Waals surface area contributed by atoms with Crippen LogP contribution in [0, 0.1) is 6.92 Å². The Morgan fingerprint density at radius 1 is 1.26 bits per heavy atom. The number of hydrazine groups is 1. The number of anilines is 1. The van der Waals surface area contributed by atoms with E-state index in [9.17, 15) is 14.4 Å². The number of carbonyl (C=O) groups excluding carboxylic acids is 3. The first-order chi connectivity index (χ1) is 13.0. The molecule has 0 atom stereocenters. The third-order valence-corrected chi connectivity index (χ3v) is 4.89. The molecule has 9 heteroatoms. The minimum Gasteiger partial charge on any atom is -0.483 e. The molecule has 0 unspecified atom stereocenters. The largest absolute Gasteiger partial charge is 0.483 e. The minimum absolute atomic E-state index is 0.0114. The number of para-hydroxylation sites is 1. The van der Waals surface area contributed by atoms with Crippen LogP contribution in [0.2, 0.25) is 0 Å². The molecule has 2 N–H and O–H groups in total. The van der Waals surface area contributed by atoms with Gasteiger partial charge in [0, 0.05) is 18.3 Å². The number of nitrogens with zero attached hydrogens (tertiary/aromatic N) is 2. The van der Waals surface area contributed by atoms with E-state index in [0.29, 0.717) is 29.5 Å². The lowest BCUT2D eigenvalue weighted by atomic mass is 10.2. The first-order valence-electron chi connectivity index (χ1n) is 8.54. The molecule has 1 aromatic heterocycles. The van der Waals surface area contributed by atoms with Gasteiger partial charge in [-0.15, -0.1) is 11.3 Å². The number of carbonyl (C=O) groups is 3. The highest BCUT2D eigenvalue weighted by atomic mass is 32.1. The van der Waals surface area contributed by atoms with Crippen LogP contribution in [0.5, 0.6) is 5.75 Å². The summed E-state index contributed by atoms with van der Waals surface area (Å²) in [4.78, 5) is 41.4. The Balaban J connectivity index is 1.42. The van der Waals surface area contributed by atoms with Crippen molar-refractivity contribution >= 4 is 34.2 Å². The van der Waals surface area contributed by atoms with Gasteiger partial charge < -0.3 is 4.74 Å². The molecular weight excluding hydrogens is 368 g/mol. The molecule has 142 valence electrons. The van der Waals surface area contributed by atoms with Crippen molar-refractivity contribution < 1.29 is 19.1 Å². The molecule has 0 saturated carbocycles. The van der Waals surface area contributed by atoms with Crippen LogP contribution in [-0.2, 0) is 20.8 Å². The molecular formula is C18H20N4O4S. The smallest absolute Gasteiger partial charge is 0.276 e. The van der Waals surface area contributed by atoms with Crippen molar-refractivity contribution in [2.24, 2.45) is 0 Å². The van der Waals surface area contributed by atoms with Crippen molar-refractivity contribution in [1.29, 1.82) is 0 Å². The maximum atomic E-state index is 12.0. The van der Waals surface area contributed by atoms with Gasteiger partial charge in [0.2, 0.25) is 11.8 Å². The Morgan fingerprint density at radius 2 is 2.04 bits per heavy atom. The van der Waals surface area contributed by atoms with Crippen molar-refractivity contribution in [1.82, 2.24) is 15.8 Å². The van der Waals surface area contributed by atoms with Gasteiger partial charge in [0.15, 0.2) is 11.7 Å². The second kappa shape index (κ2) is 8.63. The van der Waals surface area contributed by atoms with Crippen molar-refractivity contribution in [3.8, 4) is 5.75 Å². The van der Waals surface area contributed by atoms with E-state index in [0.717, 1.165) is 12.0 Å². The van der Waals surface area contributed by atoms with E-state index in [-0.39, 0.29) is 18.9 Å². The summed E-state index contributed by atoms with van der Waals surface area (Å²) in [7, 11) is 0. The van der Waals surface area contributed by atoms with E-state index in [1.54, 1.807) is 16.3 Å². The van der Waals surface area contributed by atoms with Crippen molar-refractivity contribution in [2.75, 3.05) is 18.1 Å². The SMILES string of the molecule is Cc1ccccc1OCC(=O)NNC(=O)Cc1csc(N2CCCC2=O)n1. The number of aromatic nitrogens is 1. The van der Waals surface area contributed by atoms with E-state index in [1.807, 2.05) is 25.1 Å². The third kappa shape index (κ3) is 5.04. The number of hydrogen-bond donors (Lipinski definition) is 2. The fourth-order valence-corrected chi connectivity index (χ4v) is 3.47. The topological polar surface area (TPSA) is 101 Å². The summed E-state index contributed by atoms with van der Waals surface area (Å²) >= 11 is 1.33. The van der Waals surface area contributed by atoms with Crippen LogP contribution in [0.15, 0.2) is 29.6 Å². The van der Waals surface area contributed by atoms with Gasteiger partial charge in [-0.3, -0.25) is 30.1 Å². The molecule has 8 nitrogen and oxygen atoms in total. The lowest BCUT2D eigenvalue weighted by Crippen LogP contribution is -2.44. The van der Waals surface area contributed by atoms with E-state index in [2.05, 4.69) is 15.8 Å². The molecule has 1 aromatic carbocycles. The zero-order valence-corrected chi connectivity index (χ0v) is 15.7. The number of aryl methyl sites for hydroxylation is 1. The summed E-state index contributed by atoms with van der Waals surface area (Å²) in [6.45, 7) is 2.34. The highest BCUT2D eigenvalue weighted by Crippen LogP contribution is 2.25. The van der Waals surface area contributed by atoms with Gasteiger partial charge in [-0.1, -0.05) is 18.2 Å². The Bertz CT molecular complexity index is 851. The van der Waals surface area contributed by atoms with Crippen LogP contribution < -0.4 is 20.5 Å². The second-order valence-corrected chi connectivity index (χ2v) is 6.93. The molecule has 1 aliphatic rings. The number of ether oxygens (including phenoxy) is 1. The predicted molar refractivity (Wildman–Crippen MR) is 100 cm³/mol. The molecule has 1 fully saturated rings. The standard InChI is InChI=1S/C18H20N4O4S/c1-12-5-2-3-6-14(12)26-10-16(24)21-20-15(23)9-13-11-27-18(19-13)22-8-4-7-17(22)25/h2-3,5-6,11H,4,7-10H2,1H3,(H,20,23)(H,21,24). The zero-order chi connectivity index (χ0) is 19.2. The zero-order valence-electron chi connectivity index (χ0n) is 14.9. The second-order valence-electron chi connectivity index (χ2n) is 6.10. The van der Waals surface area contributed by atoms with Gasteiger partial charge in [0.25, 0.3) is 5.91 Å². The van der Waals surface area contributed by atoms with E-state index >= 15 is 0 Å². The quantitative estimate of drug-likeness (QED) is 0.728. The lowest BCUT2D eigenvalue weighted by Gasteiger charge is -2.10. The lowest BCUT2D eigenvalue weighted by molar-refractivity contribution is -0.129. The maximum absolute atomic E-state index is 12.0. The van der Waals surface area contributed by atoms with Crippen molar-refractivity contribution in [2.45, 2.75) is 26.2 Å². The number of nitrogens with one attached hydrogen (secondary N) is 2. The Hall–Kier alpha value is -2.94. The monoisotopic (exact) mass is 388 g/mol.